The minimum atomic E-state index is -0.693. The van der Waals surface area contributed by atoms with Gasteiger partial charge >= 0.3 is 0 Å². The molecule has 0 aliphatic carbocycles. The molecular weight excluding hydrogens is 448 g/mol. The zero-order chi connectivity index (χ0) is 22.2. The van der Waals surface area contributed by atoms with E-state index >= 15 is 0 Å². The highest BCUT2D eigenvalue weighted by atomic mass is 79.9. The summed E-state index contributed by atoms with van der Waals surface area (Å²) in [5, 5.41) is 20.8. The van der Waals surface area contributed by atoms with Gasteiger partial charge in [-0.1, -0.05) is 94.8 Å². The molecule has 3 aromatic rings. The van der Waals surface area contributed by atoms with Crippen LogP contribution in [0.15, 0.2) is 101 Å². The van der Waals surface area contributed by atoms with Crippen molar-refractivity contribution in [3.63, 3.8) is 0 Å². The molecule has 1 N–H and O–H groups in total. The van der Waals surface area contributed by atoms with Crippen molar-refractivity contribution in [2.24, 2.45) is 0 Å². The minimum Gasteiger partial charge on any atom is -0.386 e. The van der Waals surface area contributed by atoms with Crippen LogP contribution in [-0.2, 0) is 6.42 Å². The molecule has 0 aromatic heterocycles. The molecule has 31 heavy (non-hydrogen) atoms. The lowest BCUT2D eigenvalue weighted by Crippen LogP contribution is -2.33. The van der Waals surface area contributed by atoms with Gasteiger partial charge in [-0.15, -0.1) is 0 Å². The lowest BCUT2D eigenvalue weighted by Gasteiger charge is -2.31. The summed E-state index contributed by atoms with van der Waals surface area (Å²) in [6, 6.07) is 30.1. The van der Waals surface area contributed by atoms with E-state index in [9.17, 15) is 10.4 Å². The lowest BCUT2D eigenvalue weighted by molar-refractivity contribution is 0.0911. The molecule has 158 valence electrons. The third-order valence-corrected chi connectivity index (χ3v) is 6.46. The number of likely N-dealkylation sites (N-methyl/N-ethyl adjacent to an activating group) is 1. The van der Waals surface area contributed by atoms with E-state index < -0.39 is 6.10 Å². The van der Waals surface area contributed by atoms with Crippen LogP contribution in [-0.4, -0.2) is 23.1 Å². The molecule has 4 heteroatoms. The first-order valence-corrected chi connectivity index (χ1v) is 11.2. The van der Waals surface area contributed by atoms with Gasteiger partial charge in [0.05, 0.1) is 12.1 Å². The highest BCUT2D eigenvalue weighted by Gasteiger charge is 2.23. The van der Waals surface area contributed by atoms with Gasteiger partial charge < -0.3 is 10.0 Å². The summed E-state index contributed by atoms with van der Waals surface area (Å²) in [6.45, 7) is 1.94. The van der Waals surface area contributed by atoms with Crippen LogP contribution >= 0.6 is 15.9 Å². The van der Waals surface area contributed by atoms with Gasteiger partial charge in [0.25, 0.3) is 0 Å². The quantitative estimate of drug-likeness (QED) is 0.393. The Morgan fingerprint density at radius 3 is 2.10 bits per heavy atom. The number of nitrogens with zero attached hydrogens (tertiary/aromatic N) is 2. The van der Waals surface area contributed by atoms with E-state index in [-0.39, 0.29) is 12.0 Å². The standard InChI is InChI=1S/C27H27BrN2O/c1-20(27(31)22-13-7-4-8-14-22)30(2)25(19-29)18-24(21-11-5-3-6-12-21)17-23-15-9-10-16-26(23)28/h3-16,18,20,24,27,31H,17H2,1-2H3/b25-18-/t20-,24+,27-/m0/s1. The second-order valence-corrected chi connectivity index (χ2v) is 8.54. The molecule has 0 amide bonds. The molecular formula is C27H27BrN2O. The Kier molecular flexibility index (Phi) is 8.06. The normalized spacial score (nSPS) is 14.4. The summed E-state index contributed by atoms with van der Waals surface area (Å²) in [5.74, 6) is 0.0260. The summed E-state index contributed by atoms with van der Waals surface area (Å²) in [5.41, 5.74) is 3.72. The van der Waals surface area contributed by atoms with Crippen molar-refractivity contribution in [2.75, 3.05) is 7.05 Å². The summed E-state index contributed by atoms with van der Waals surface area (Å²) >= 11 is 3.65. The molecule has 0 spiro atoms. The SMILES string of the molecule is C[C@@H]([C@H](O)c1ccccc1)N(C)/C(C#N)=C\[C@@H](Cc1ccccc1Br)c1ccccc1. The molecule has 0 fully saturated rings. The van der Waals surface area contributed by atoms with E-state index in [0.29, 0.717) is 5.70 Å². The van der Waals surface area contributed by atoms with Crippen molar-refractivity contribution in [3.8, 4) is 6.07 Å². The van der Waals surface area contributed by atoms with Gasteiger partial charge in [-0.05, 0) is 42.2 Å². The predicted molar refractivity (Wildman–Crippen MR) is 129 cm³/mol. The number of halogens is 1. The van der Waals surface area contributed by atoms with Crippen molar-refractivity contribution in [1.82, 2.24) is 4.90 Å². The van der Waals surface area contributed by atoms with Crippen LogP contribution < -0.4 is 0 Å². The zero-order valence-corrected chi connectivity index (χ0v) is 19.4. The van der Waals surface area contributed by atoms with E-state index in [0.717, 1.165) is 22.0 Å². The van der Waals surface area contributed by atoms with Crippen molar-refractivity contribution in [1.29, 1.82) is 5.26 Å². The van der Waals surface area contributed by atoms with E-state index in [1.165, 1.54) is 5.56 Å². The van der Waals surface area contributed by atoms with Gasteiger partial charge in [0.1, 0.15) is 11.8 Å². The second kappa shape index (κ2) is 10.9. The monoisotopic (exact) mass is 474 g/mol. The zero-order valence-electron chi connectivity index (χ0n) is 17.8. The average Bonchev–Trinajstić information content (AvgIpc) is 2.82. The Hall–Kier alpha value is -2.87. The fraction of sp³-hybridized carbons (Fsp3) is 0.222. The number of aliphatic hydroxyl groups excluding tert-OH is 1. The first kappa shape index (κ1) is 22.8. The molecule has 3 aromatic carbocycles. The number of aliphatic hydroxyl groups is 1. The molecule has 0 radical (unpaired) electrons. The molecule has 0 unspecified atom stereocenters. The number of benzene rings is 3. The van der Waals surface area contributed by atoms with Crippen LogP contribution in [0.5, 0.6) is 0 Å². The molecule has 0 bridgehead atoms. The highest BCUT2D eigenvalue weighted by Crippen LogP contribution is 2.29. The molecule has 0 saturated carbocycles. The second-order valence-electron chi connectivity index (χ2n) is 7.68. The Balaban J connectivity index is 1.91. The number of allylic oxidation sites excluding steroid dienone is 2. The maximum Gasteiger partial charge on any atom is 0.117 e. The van der Waals surface area contributed by atoms with Gasteiger partial charge in [0.2, 0.25) is 0 Å². The van der Waals surface area contributed by atoms with Crippen LogP contribution in [0, 0.1) is 11.3 Å². The molecule has 3 nitrogen and oxygen atoms in total. The van der Waals surface area contributed by atoms with Gasteiger partial charge in [-0.25, -0.2) is 0 Å². The van der Waals surface area contributed by atoms with Gasteiger partial charge in [-0.3, -0.25) is 0 Å². The van der Waals surface area contributed by atoms with Crippen LogP contribution in [0.25, 0.3) is 0 Å². The minimum absolute atomic E-state index is 0.0260. The number of hydrogen-bond acceptors (Lipinski definition) is 3. The van der Waals surface area contributed by atoms with Crippen LogP contribution in [0.3, 0.4) is 0 Å². The van der Waals surface area contributed by atoms with Crippen molar-refractivity contribution < 1.29 is 5.11 Å². The molecule has 3 rings (SSSR count). The summed E-state index contributed by atoms with van der Waals surface area (Å²) in [7, 11) is 1.87. The average molecular weight is 475 g/mol. The molecule has 0 saturated heterocycles. The van der Waals surface area contributed by atoms with Gasteiger partial charge in [-0.2, -0.15) is 5.26 Å². The molecule has 0 aliphatic rings. The van der Waals surface area contributed by atoms with E-state index in [4.69, 9.17) is 0 Å². The maximum atomic E-state index is 10.8. The smallest absolute Gasteiger partial charge is 0.117 e. The van der Waals surface area contributed by atoms with E-state index in [1.807, 2.05) is 91.7 Å². The lowest BCUT2D eigenvalue weighted by atomic mass is 9.90. The van der Waals surface area contributed by atoms with Crippen LogP contribution in [0.2, 0.25) is 0 Å². The van der Waals surface area contributed by atoms with E-state index in [1.54, 1.807) is 0 Å². The molecule has 0 heterocycles. The van der Waals surface area contributed by atoms with Crippen LogP contribution in [0.1, 0.15) is 35.6 Å². The third kappa shape index (κ3) is 5.85. The van der Waals surface area contributed by atoms with Crippen molar-refractivity contribution in [3.05, 3.63) is 118 Å². The number of hydrogen-bond donors (Lipinski definition) is 1. The topological polar surface area (TPSA) is 47.3 Å². The molecule has 3 atom stereocenters. The van der Waals surface area contributed by atoms with Gasteiger partial charge in [0, 0.05) is 17.4 Å². The largest absolute Gasteiger partial charge is 0.386 e. The fourth-order valence-electron chi connectivity index (χ4n) is 3.66. The van der Waals surface area contributed by atoms with E-state index in [2.05, 4.69) is 40.2 Å². The summed E-state index contributed by atoms with van der Waals surface area (Å²) in [4.78, 5) is 1.87. The summed E-state index contributed by atoms with van der Waals surface area (Å²) in [6.07, 6.45) is 2.09. The molecule has 0 aliphatic heterocycles. The maximum absolute atomic E-state index is 10.8. The number of rotatable bonds is 8. The third-order valence-electron chi connectivity index (χ3n) is 5.69. The van der Waals surface area contributed by atoms with Crippen molar-refractivity contribution >= 4 is 15.9 Å². The Morgan fingerprint density at radius 1 is 0.968 bits per heavy atom. The van der Waals surface area contributed by atoms with Crippen LogP contribution in [0.4, 0.5) is 0 Å². The summed E-state index contributed by atoms with van der Waals surface area (Å²) < 4.78 is 1.06. The first-order valence-electron chi connectivity index (χ1n) is 10.4. The van der Waals surface area contributed by atoms with Crippen molar-refractivity contribution in [2.45, 2.75) is 31.4 Å². The number of nitriles is 1. The Morgan fingerprint density at radius 2 is 1.52 bits per heavy atom. The van der Waals surface area contributed by atoms with Gasteiger partial charge in [0.15, 0.2) is 0 Å². The predicted octanol–water partition coefficient (Wildman–Crippen LogP) is 6.24. The first-order chi connectivity index (χ1) is 15.0. The Labute approximate surface area is 193 Å². The highest BCUT2D eigenvalue weighted by molar-refractivity contribution is 9.10. The fourth-order valence-corrected chi connectivity index (χ4v) is 4.10. The Bertz CT molecular complexity index is 1040.